The lowest BCUT2D eigenvalue weighted by molar-refractivity contribution is -0.127. The number of piperidine rings is 1. The average Bonchev–Trinajstić information content (AvgIpc) is 3.04. The maximum absolute atomic E-state index is 12.8. The van der Waals surface area contributed by atoms with Crippen LogP contribution in [0.3, 0.4) is 0 Å². The Bertz CT molecular complexity index is 931. The number of nitrogens with zero attached hydrogens (tertiary/aromatic N) is 3. The van der Waals surface area contributed by atoms with E-state index in [1.54, 1.807) is 18.3 Å². The fraction of sp³-hybridized carbons (Fsp3) is 0.333. The zero-order valence-electron chi connectivity index (χ0n) is 15.4. The van der Waals surface area contributed by atoms with Crippen LogP contribution >= 0.6 is 0 Å². The minimum absolute atomic E-state index is 0.0451. The number of nitrogens with one attached hydrogen (secondary N) is 2. The van der Waals surface area contributed by atoms with Crippen molar-refractivity contribution >= 4 is 11.9 Å². The van der Waals surface area contributed by atoms with Gasteiger partial charge in [0.05, 0.1) is 17.3 Å². The largest absolute Gasteiger partial charge is 0.322 e. The van der Waals surface area contributed by atoms with Crippen LogP contribution in [0.15, 0.2) is 48.7 Å². The van der Waals surface area contributed by atoms with Crippen molar-refractivity contribution in [3.05, 3.63) is 65.5 Å². The molecule has 142 valence electrons. The molecule has 3 heterocycles. The summed E-state index contributed by atoms with van der Waals surface area (Å²) in [5, 5.41) is 14.5. The van der Waals surface area contributed by atoms with E-state index >= 15 is 0 Å². The Kier molecular flexibility index (Phi) is 4.80. The highest BCUT2D eigenvalue weighted by molar-refractivity contribution is 6.07. The first-order chi connectivity index (χ1) is 13.6. The molecule has 2 aromatic rings. The molecular formula is C21H21N5O2. The number of carbonyl (C=O) groups is 2. The van der Waals surface area contributed by atoms with Crippen LogP contribution in [-0.2, 0) is 16.9 Å². The summed E-state index contributed by atoms with van der Waals surface area (Å²) in [6.45, 7) is 2.26. The summed E-state index contributed by atoms with van der Waals surface area (Å²) in [6.07, 6.45) is 3.14. The summed E-state index contributed by atoms with van der Waals surface area (Å²) in [7, 11) is 0. The van der Waals surface area contributed by atoms with Crippen molar-refractivity contribution in [1.29, 1.82) is 5.26 Å². The number of rotatable bonds is 4. The Morgan fingerprint density at radius 3 is 2.54 bits per heavy atom. The molecule has 0 bridgehead atoms. The third kappa shape index (κ3) is 3.12. The van der Waals surface area contributed by atoms with Gasteiger partial charge in [-0.1, -0.05) is 24.3 Å². The van der Waals surface area contributed by atoms with Gasteiger partial charge in [0.1, 0.15) is 0 Å². The fourth-order valence-electron chi connectivity index (χ4n) is 4.27. The first-order valence-corrected chi connectivity index (χ1v) is 9.39. The normalized spacial score (nSPS) is 23.1. The number of urea groups is 1. The molecule has 28 heavy (non-hydrogen) atoms. The smallest absolute Gasteiger partial charge is 0.318 e. The summed E-state index contributed by atoms with van der Waals surface area (Å²) >= 11 is 0. The Labute approximate surface area is 163 Å². The summed E-state index contributed by atoms with van der Waals surface area (Å²) in [5.41, 5.74) is 1.16. The number of carbonyl (C=O) groups excluding carboxylic acids is 2. The number of likely N-dealkylation sites (tertiary alicyclic amines) is 1. The topological polar surface area (TPSA) is 98.1 Å². The van der Waals surface area contributed by atoms with Crippen LogP contribution in [0.4, 0.5) is 4.79 Å². The van der Waals surface area contributed by atoms with Gasteiger partial charge in [0.15, 0.2) is 5.54 Å². The lowest BCUT2D eigenvalue weighted by Crippen LogP contribution is -2.53. The van der Waals surface area contributed by atoms with Gasteiger partial charge < -0.3 is 5.32 Å². The molecule has 2 fully saturated rings. The second kappa shape index (κ2) is 7.41. The number of amides is 3. The van der Waals surface area contributed by atoms with Crippen molar-refractivity contribution in [2.45, 2.75) is 24.9 Å². The highest BCUT2D eigenvalue weighted by atomic mass is 16.2. The second-order valence-electron chi connectivity index (χ2n) is 7.25. The van der Waals surface area contributed by atoms with Crippen LogP contribution in [0.5, 0.6) is 0 Å². The molecule has 2 N–H and O–H groups in total. The third-order valence-electron chi connectivity index (χ3n) is 5.70. The molecule has 2 aliphatic rings. The van der Waals surface area contributed by atoms with Crippen LogP contribution in [0, 0.1) is 17.2 Å². The third-order valence-corrected chi connectivity index (χ3v) is 5.70. The number of imide groups is 1. The fourth-order valence-corrected chi connectivity index (χ4v) is 4.27. The number of aromatic nitrogens is 1. The average molecular weight is 375 g/mol. The van der Waals surface area contributed by atoms with Crippen LogP contribution < -0.4 is 10.6 Å². The molecule has 0 saturated carbocycles. The molecule has 1 unspecified atom stereocenters. The van der Waals surface area contributed by atoms with Crippen molar-refractivity contribution in [3.8, 4) is 6.07 Å². The molecule has 3 amide bonds. The predicted molar refractivity (Wildman–Crippen MR) is 102 cm³/mol. The van der Waals surface area contributed by atoms with Gasteiger partial charge in [0.25, 0.3) is 5.91 Å². The van der Waals surface area contributed by atoms with E-state index in [9.17, 15) is 14.9 Å². The zero-order chi connectivity index (χ0) is 19.6. The van der Waals surface area contributed by atoms with Gasteiger partial charge in [0, 0.05) is 12.7 Å². The maximum atomic E-state index is 12.8. The molecule has 1 atom stereocenters. The zero-order valence-corrected chi connectivity index (χ0v) is 15.4. The monoisotopic (exact) mass is 375 g/mol. The predicted octanol–water partition coefficient (Wildman–Crippen LogP) is 1.90. The summed E-state index contributed by atoms with van der Waals surface area (Å²) in [6, 6.07) is 14.8. The van der Waals surface area contributed by atoms with Gasteiger partial charge in [0.2, 0.25) is 0 Å². The van der Waals surface area contributed by atoms with E-state index in [1.807, 2.05) is 30.3 Å². The molecule has 4 rings (SSSR count). The SMILES string of the molecule is N#Cc1ccccc1CN1CCC(C2(c3ccccn3)NC(=O)NC2=O)CC1. The van der Waals surface area contributed by atoms with Gasteiger partial charge in [-0.2, -0.15) is 5.26 Å². The van der Waals surface area contributed by atoms with Crippen LogP contribution in [0.2, 0.25) is 0 Å². The quantitative estimate of drug-likeness (QED) is 0.796. The van der Waals surface area contributed by atoms with Crippen LogP contribution in [0.25, 0.3) is 0 Å². The summed E-state index contributed by atoms with van der Waals surface area (Å²) in [5.74, 6) is -0.374. The molecule has 7 nitrogen and oxygen atoms in total. The Morgan fingerprint density at radius 1 is 1.14 bits per heavy atom. The molecule has 0 aliphatic carbocycles. The van der Waals surface area contributed by atoms with Crippen molar-refractivity contribution in [3.63, 3.8) is 0 Å². The van der Waals surface area contributed by atoms with E-state index in [4.69, 9.17) is 0 Å². The molecule has 1 aromatic carbocycles. The van der Waals surface area contributed by atoms with Crippen LogP contribution in [0.1, 0.15) is 29.7 Å². The van der Waals surface area contributed by atoms with Crippen molar-refractivity contribution < 1.29 is 9.59 Å². The highest BCUT2D eigenvalue weighted by Gasteiger charge is 2.54. The standard InChI is InChI=1S/C21H21N5O2/c22-13-15-5-1-2-6-16(15)14-26-11-8-17(9-12-26)21(18-7-3-4-10-23-18)19(27)24-20(28)25-21/h1-7,10,17H,8-9,11-12,14H2,(H2,24,25,27,28). The molecular weight excluding hydrogens is 354 g/mol. The van der Waals surface area contributed by atoms with Gasteiger partial charge >= 0.3 is 6.03 Å². The number of nitriles is 1. The Balaban J connectivity index is 1.52. The number of hydrogen-bond acceptors (Lipinski definition) is 5. The first-order valence-electron chi connectivity index (χ1n) is 9.39. The molecule has 2 saturated heterocycles. The van der Waals surface area contributed by atoms with E-state index in [2.05, 4.69) is 26.6 Å². The minimum atomic E-state index is -1.12. The first kappa shape index (κ1) is 18.1. The van der Waals surface area contributed by atoms with Crippen molar-refractivity contribution in [1.82, 2.24) is 20.5 Å². The summed E-state index contributed by atoms with van der Waals surface area (Å²) in [4.78, 5) is 31.4. The van der Waals surface area contributed by atoms with E-state index < -0.39 is 11.6 Å². The van der Waals surface area contributed by atoms with Crippen molar-refractivity contribution in [2.75, 3.05) is 13.1 Å². The number of hydrogen-bond donors (Lipinski definition) is 2. The number of pyridine rings is 1. The maximum Gasteiger partial charge on any atom is 0.322 e. The van der Waals surface area contributed by atoms with Gasteiger partial charge in [-0.25, -0.2) is 4.79 Å². The van der Waals surface area contributed by atoms with Crippen LogP contribution in [-0.4, -0.2) is 34.9 Å². The minimum Gasteiger partial charge on any atom is -0.318 e. The van der Waals surface area contributed by atoms with E-state index in [-0.39, 0.29) is 11.8 Å². The van der Waals surface area contributed by atoms with Gasteiger partial charge in [-0.15, -0.1) is 0 Å². The van der Waals surface area contributed by atoms with E-state index in [0.717, 1.165) is 31.5 Å². The Hall–Kier alpha value is -3.24. The molecule has 0 spiro atoms. The number of benzene rings is 1. The Morgan fingerprint density at radius 2 is 1.89 bits per heavy atom. The highest BCUT2D eigenvalue weighted by Crippen LogP contribution is 2.38. The van der Waals surface area contributed by atoms with Gasteiger partial charge in [-0.3, -0.25) is 20.0 Å². The van der Waals surface area contributed by atoms with E-state index in [0.29, 0.717) is 17.8 Å². The lowest BCUT2D eigenvalue weighted by atomic mass is 9.75. The lowest BCUT2D eigenvalue weighted by Gasteiger charge is -2.40. The molecule has 0 radical (unpaired) electrons. The van der Waals surface area contributed by atoms with E-state index in [1.165, 1.54) is 0 Å². The molecule has 1 aromatic heterocycles. The van der Waals surface area contributed by atoms with Gasteiger partial charge in [-0.05, 0) is 55.6 Å². The molecule has 7 heteroatoms. The van der Waals surface area contributed by atoms with Crippen molar-refractivity contribution in [2.24, 2.45) is 5.92 Å². The molecule has 2 aliphatic heterocycles. The summed E-state index contributed by atoms with van der Waals surface area (Å²) < 4.78 is 0. The second-order valence-corrected chi connectivity index (χ2v) is 7.25.